The third-order valence-electron chi connectivity index (χ3n) is 28.3. The molecule has 0 aliphatic carbocycles. The summed E-state index contributed by atoms with van der Waals surface area (Å²) in [5.74, 6) is 1.62. The quantitative estimate of drug-likeness (QED) is 0.0983. The van der Waals surface area contributed by atoms with E-state index in [1.165, 1.54) is 0 Å². The minimum atomic E-state index is -0.473. The highest BCUT2D eigenvalue weighted by molar-refractivity contribution is 6.64. The number of fused-ring (bicyclic) bond motifs is 4. The van der Waals surface area contributed by atoms with Gasteiger partial charge in [-0.1, -0.05) is 164 Å². The molecule has 0 radical (unpaired) electrons. The summed E-state index contributed by atoms with van der Waals surface area (Å²) in [5, 5.41) is 1.11. The minimum absolute atomic E-state index is 0.304. The molecule has 0 atom stereocenters. The number of aromatic nitrogens is 11. The van der Waals surface area contributed by atoms with Crippen LogP contribution >= 0.6 is 0 Å². The molecule has 0 bridgehead atoms. The van der Waals surface area contributed by atoms with Crippen LogP contribution in [0.5, 0.6) is 0 Å². The summed E-state index contributed by atoms with van der Waals surface area (Å²) in [4.78, 5) is 36.0. The maximum Gasteiger partial charge on any atom is 0.514 e. The average molecular weight is 1800 g/mol. The van der Waals surface area contributed by atoms with Gasteiger partial charge in [-0.2, -0.15) is 0 Å². The Labute approximate surface area is 798 Å². The Morgan fingerprint density at radius 1 is 0.279 bits per heavy atom. The Morgan fingerprint density at radius 3 is 1.21 bits per heavy atom. The van der Waals surface area contributed by atoms with E-state index in [4.69, 9.17) is 61.5 Å². The molecule has 684 valence electrons. The fourth-order valence-electron chi connectivity index (χ4n) is 16.5. The smallest absolute Gasteiger partial charge is 0.399 e. The van der Waals surface area contributed by atoms with Crippen molar-refractivity contribution < 1.29 is 46.5 Å². The van der Waals surface area contributed by atoms with E-state index >= 15 is 0 Å². The van der Waals surface area contributed by atoms with Gasteiger partial charge in [0.2, 0.25) is 5.78 Å². The molecule has 5 fully saturated rings. The topological polar surface area (TPSA) is 209 Å². The Bertz CT molecular complexity index is 6750. The maximum absolute atomic E-state index is 6.19. The van der Waals surface area contributed by atoms with Crippen LogP contribution in [-0.4, -0.2) is 145 Å². The highest BCUT2D eigenvalue weighted by atomic mass is 16.7. The number of hydrogen-bond acceptors (Lipinski definition) is 18. The van der Waals surface area contributed by atoms with Crippen LogP contribution in [0.3, 0.4) is 0 Å². The summed E-state index contributed by atoms with van der Waals surface area (Å²) in [5.41, 5.74) is 20.3. The van der Waals surface area contributed by atoms with Gasteiger partial charge in [0.25, 0.3) is 0 Å². The first-order valence-corrected chi connectivity index (χ1v) is 46.5. The van der Waals surface area contributed by atoms with E-state index in [2.05, 4.69) is 303 Å². The van der Waals surface area contributed by atoms with Gasteiger partial charge in [-0.15, -0.1) is 0 Å². The first kappa shape index (κ1) is 93.7. The number of benzene rings is 8. The lowest BCUT2D eigenvalue weighted by Gasteiger charge is -2.32. The molecular formula is C110H114B5N11O10. The lowest BCUT2D eigenvalue weighted by Crippen LogP contribution is -2.41. The largest absolute Gasteiger partial charge is 0.514 e. The van der Waals surface area contributed by atoms with E-state index in [1.807, 2.05) is 191 Å². The molecule has 0 unspecified atom stereocenters. The molecule has 5 aliphatic rings. The fraction of sp³-hybridized carbons (Fsp3) is 0.273. The molecular weight excluding hydrogens is 1690 g/mol. The summed E-state index contributed by atoms with van der Waals surface area (Å²) < 4.78 is 67.6. The molecule has 8 aromatic carbocycles. The zero-order valence-electron chi connectivity index (χ0n) is 81.1. The lowest BCUT2D eigenvalue weighted by atomic mass is 9.78. The molecule has 21 nitrogen and oxygen atoms in total. The van der Waals surface area contributed by atoms with Gasteiger partial charge in [-0.25, -0.2) is 19.9 Å². The summed E-state index contributed by atoms with van der Waals surface area (Å²) in [7, 11) is -1.85. The standard InChI is InChI=1S/C27H26BN3O2.2C25H25BN2O2.C18H20BN3O2.C15H18BNO2/c1-26(2)27(3,4)33-28(32-26)25-6-5-21(18-31-25)24-16-22(19-7-11-29-12-8-19)15-23(17-24)20-9-13-30-14-10-20;1-24(2)25(3,4)30-26(29-24)20-15-13-18(14-16-20)22-23(19-10-6-5-7-11-19)28-17-9-8-12-21(28)27-22;1-24(2)25(3,4)30-26(29-24)19-16-14-18(15-17-19)23-27-21-12-8-9-13-22(21)28(23)20-10-6-5-7-11-20;1-17(2)18(3,4)24-19(23-17)14-8-6-13(7-9-14)15-12-22-11-5-10-20-16(22)21-15;1-14(2)15(3,4)19-16(18-14)12-7-8-13-11(10-12)6-5-9-17-13/h5-18H,1-4H3;2*5-17H,1-4H3;5-12H,1-4H3;5-10H,1-4H3. The molecule has 136 heavy (non-hydrogen) atoms. The van der Waals surface area contributed by atoms with Gasteiger partial charge in [-0.3, -0.25) is 33.3 Å². The van der Waals surface area contributed by atoms with Crippen LogP contribution in [0, 0.1) is 0 Å². The number of para-hydroxylation sites is 3. The van der Waals surface area contributed by atoms with E-state index in [1.54, 1.807) is 12.4 Å². The van der Waals surface area contributed by atoms with E-state index in [0.717, 1.165) is 139 Å². The van der Waals surface area contributed by atoms with Crippen molar-refractivity contribution in [3.8, 4) is 84.2 Å². The lowest BCUT2D eigenvalue weighted by molar-refractivity contribution is 0.00578. The van der Waals surface area contributed by atoms with Crippen molar-refractivity contribution in [3.05, 3.63) is 329 Å². The van der Waals surface area contributed by atoms with Crippen LogP contribution in [0.1, 0.15) is 138 Å². The van der Waals surface area contributed by atoms with Crippen molar-refractivity contribution in [1.29, 1.82) is 0 Å². The van der Waals surface area contributed by atoms with E-state index in [9.17, 15) is 0 Å². The Balaban J connectivity index is 0.000000114. The first-order chi connectivity index (χ1) is 64.8. The van der Waals surface area contributed by atoms with Gasteiger partial charge in [0.15, 0.2) is 0 Å². The Kier molecular flexibility index (Phi) is 25.3. The van der Waals surface area contributed by atoms with Crippen LogP contribution in [-0.2, 0) is 46.5 Å². The van der Waals surface area contributed by atoms with E-state index in [0.29, 0.717) is 5.78 Å². The zero-order valence-corrected chi connectivity index (χ0v) is 81.1. The van der Waals surface area contributed by atoms with Crippen molar-refractivity contribution in [3.63, 3.8) is 0 Å². The molecule has 0 spiro atoms. The molecule has 5 aliphatic heterocycles. The molecule has 9 aromatic heterocycles. The van der Waals surface area contributed by atoms with Gasteiger partial charge >= 0.3 is 35.6 Å². The molecule has 5 saturated heterocycles. The van der Waals surface area contributed by atoms with Gasteiger partial charge < -0.3 is 46.5 Å². The van der Waals surface area contributed by atoms with Gasteiger partial charge in [-0.05, 0) is 302 Å². The van der Waals surface area contributed by atoms with Crippen LogP contribution < -0.4 is 27.4 Å². The summed E-state index contributed by atoms with van der Waals surface area (Å²) in [6.07, 6.45) is 18.7. The molecule has 14 heterocycles. The highest BCUT2D eigenvalue weighted by Gasteiger charge is 2.56. The first-order valence-electron chi connectivity index (χ1n) is 46.5. The summed E-state index contributed by atoms with van der Waals surface area (Å²) >= 11 is 0. The van der Waals surface area contributed by atoms with Gasteiger partial charge in [0.1, 0.15) is 11.5 Å². The molecule has 0 N–H and O–H groups in total. The second-order valence-corrected chi connectivity index (χ2v) is 40.2. The molecule has 0 saturated carbocycles. The van der Waals surface area contributed by atoms with Crippen molar-refractivity contribution in [2.75, 3.05) is 0 Å². The molecule has 26 heteroatoms. The van der Waals surface area contributed by atoms with Crippen molar-refractivity contribution in [2.24, 2.45) is 0 Å². The van der Waals surface area contributed by atoms with Gasteiger partial charge in [0.05, 0.1) is 95.2 Å². The predicted octanol–water partition coefficient (Wildman–Crippen LogP) is 20.4. The second kappa shape index (κ2) is 36.8. The fourth-order valence-corrected chi connectivity index (χ4v) is 16.5. The highest BCUT2D eigenvalue weighted by Crippen LogP contribution is 2.44. The third-order valence-corrected chi connectivity index (χ3v) is 28.3. The van der Waals surface area contributed by atoms with Gasteiger partial charge in [0, 0.05) is 89.9 Å². The van der Waals surface area contributed by atoms with Crippen molar-refractivity contribution in [2.45, 2.75) is 194 Å². The van der Waals surface area contributed by atoms with E-state index < -0.39 is 18.3 Å². The summed E-state index contributed by atoms with van der Waals surface area (Å²) in [6.45, 7) is 41.3. The van der Waals surface area contributed by atoms with Crippen LogP contribution in [0.25, 0.3) is 118 Å². The Morgan fingerprint density at radius 2 is 0.713 bits per heavy atom. The van der Waals surface area contributed by atoms with E-state index in [-0.39, 0.29) is 73.3 Å². The van der Waals surface area contributed by atoms with Crippen LogP contribution in [0.4, 0.5) is 0 Å². The van der Waals surface area contributed by atoms with Crippen molar-refractivity contribution in [1.82, 2.24) is 53.2 Å². The Hall–Kier alpha value is -12.7. The van der Waals surface area contributed by atoms with Crippen molar-refractivity contribution >= 4 is 96.4 Å². The van der Waals surface area contributed by atoms with Crippen LogP contribution in [0.2, 0.25) is 0 Å². The molecule has 22 rings (SSSR count). The SMILES string of the molecule is CC1(C)OB(c2ccc(-c3cc(-c4ccncc4)cc(-c4ccncc4)c3)cn2)OC1(C)C.CC1(C)OB(c2ccc(-c3cn4cccnc4n3)cc2)OC1(C)C.CC1(C)OB(c2ccc(-c3nc4ccccc4n3-c3ccccc3)cc2)OC1(C)C.CC1(C)OB(c2ccc(-c3nc4ccccn4c3-c3ccccc3)cc2)OC1(C)C.CC1(C)OB(c2ccc3ncccc3c2)OC1(C)C. The maximum atomic E-state index is 6.19. The molecule has 0 amide bonds. The number of nitrogens with zero attached hydrogens (tertiary/aromatic N) is 11. The monoisotopic (exact) mass is 1800 g/mol. The number of hydrogen-bond donors (Lipinski definition) is 0. The minimum Gasteiger partial charge on any atom is -0.399 e. The predicted molar refractivity (Wildman–Crippen MR) is 547 cm³/mol. The molecule has 17 aromatic rings. The summed E-state index contributed by atoms with van der Waals surface area (Å²) in [6, 6.07) is 90.7. The second-order valence-electron chi connectivity index (χ2n) is 40.2. The normalized spacial score (nSPS) is 18.1. The average Bonchev–Trinajstić information content (AvgIpc) is 1.63. The van der Waals surface area contributed by atoms with Crippen LogP contribution in [0.15, 0.2) is 329 Å². The number of imidazole rings is 3. The zero-order chi connectivity index (χ0) is 95.5. The third kappa shape index (κ3) is 19.1. The number of rotatable bonds is 13. The number of pyridine rings is 5.